The highest BCUT2D eigenvalue weighted by molar-refractivity contribution is 6.03. The van der Waals surface area contributed by atoms with E-state index in [4.69, 9.17) is 0 Å². The van der Waals surface area contributed by atoms with E-state index in [1.165, 1.54) is 31.2 Å². The summed E-state index contributed by atoms with van der Waals surface area (Å²) in [6.45, 7) is 3.21. The van der Waals surface area contributed by atoms with Crippen LogP contribution in [0.5, 0.6) is 0 Å². The fourth-order valence-corrected chi connectivity index (χ4v) is 3.38. The summed E-state index contributed by atoms with van der Waals surface area (Å²) < 4.78 is 1.95. The third-order valence-electron chi connectivity index (χ3n) is 4.41. The number of aromatic nitrogens is 1. The molecule has 0 spiro atoms. The van der Waals surface area contributed by atoms with Gasteiger partial charge in [-0.1, -0.05) is 25.0 Å². The van der Waals surface area contributed by atoms with E-state index in [2.05, 4.69) is 11.1 Å². The van der Waals surface area contributed by atoms with Crippen molar-refractivity contribution in [1.82, 2.24) is 9.47 Å². The predicted octanol–water partition coefficient (Wildman–Crippen LogP) is 3.25. The van der Waals surface area contributed by atoms with Crippen molar-refractivity contribution in [3.63, 3.8) is 0 Å². The molecule has 0 atom stereocenters. The Bertz CT molecular complexity index is 652. The van der Waals surface area contributed by atoms with Crippen LogP contribution in [0.15, 0.2) is 24.4 Å². The van der Waals surface area contributed by atoms with Gasteiger partial charge in [-0.3, -0.25) is 4.90 Å². The summed E-state index contributed by atoms with van der Waals surface area (Å²) in [4.78, 5) is 13.9. The van der Waals surface area contributed by atoms with E-state index in [1.807, 2.05) is 23.7 Å². The molecule has 1 aliphatic heterocycles. The molecule has 0 amide bonds. The molecule has 3 rings (SSSR count). The van der Waals surface area contributed by atoms with Crippen LogP contribution in [0.1, 0.15) is 41.6 Å². The van der Waals surface area contributed by atoms with E-state index in [0.717, 1.165) is 30.5 Å². The number of aryl methyl sites for hydroxylation is 1. The van der Waals surface area contributed by atoms with Crippen molar-refractivity contribution in [2.24, 2.45) is 7.05 Å². The third-order valence-corrected chi connectivity index (χ3v) is 4.41. The van der Waals surface area contributed by atoms with Crippen molar-refractivity contribution in [2.75, 3.05) is 13.1 Å². The molecule has 21 heavy (non-hydrogen) atoms. The second-order valence-electron chi connectivity index (χ2n) is 5.96. The molecule has 2 heterocycles. The normalized spacial score (nSPS) is 17.0. The maximum Gasteiger partial charge on any atom is 0.337 e. The lowest BCUT2D eigenvalue weighted by Crippen LogP contribution is -2.23. The zero-order valence-corrected chi connectivity index (χ0v) is 12.5. The Balaban J connectivity index is 1.96. The summed E-state index contributed by atoms with van der Waals surface area (Å²) >= 11 is 0. The Hall–Kier alpha value is -1.81. The number of benzene rings is 1. The molecule has 112 valence electrons. The van der Waals surface area contributed by atoms with Gasteiger partial charge in [-0.05, 0) is 37.6 Å². The first-order valence-corrected chi connectivity index (χ1v) is 7.69. The molecule has 1 saturated heterocycles. The highest BCUT2D eigenvalue weighted by atomic mass is 16.4. The Labute approximate surface area is 125 Å². The minimum absolute atomic E-state index is 0.386. The van der Waals surface area contributed by atoms with Crippen molar-refractivity contribution in [3.8, 4) is 0 Å². The molecule has 0 radical (unpaired) electrons. The first-order chi connectivity index (χ1) is 10.2. The van der Waals surface area contributed by atoms with E-state index in [-0.39, 0.29) is 0 Å². The highest BCUT2D eigenvalue weighted by Gasteiger charge is 2.17. The number of fused-ring (bicyclic) bond motifs is 1. The number of rotatable bonds is 3. The van der Waals surface area contributed by atoms with Crippen molar-refractivity contribution in [3.05, 3.63) is 35.5 Å². The third kappa shape index (κ3) is 2.81. The lowest BCUT2D eigenvalue weighted by atomic mass is 10.1. The van der Waals surface area contributed by atoms with E-state index < -0.39 is 5.97 Å². The van der Waals surface area contributed by atoms with Gasteiger partial charge in [0, 0.05) is 25.2 Å². The van der Waals surface area contributed by atoms with Crippen LogP contribution in [0.25, 0.3) is 10.9 Å². The molecule has 0 aliphatic carbocycles. The second kappa shape index (κ2) is 5.90. The Kier molecular flexibility index (Phi) is 3.97. The smallest absolute Gasteiger partial charge is 0.337 e. The summed E-state index contributed by atoms with van der Waals surface area (Å²) in [5, 5.41) is 10.4. The average molecular weight is 286 g/mol. The van der Waals surface area contributed by atoms with Gasteiger partial charge in [-0.25, -0.2) is 4.79 Å². The van der Waals surface area contributed by atoms with Crippen LogP contribution in [-0.2, 0) is 13.6 Å². The van der Waals surface area contributed by atoms with Crippen LogP contribution in [0.4, 0.5) is 0 Å². The lowest BCUT2D eigenvalue weighted by molar-refractivity contribution is 0.0698. The second-order valence-corrected chi connectivity index (χ2v) is 5.96. The number of carboxylic acid groups (broad SMARTS) is 1. The van der Waals surface area contributed by atoms with Gasteiger partial charge >= 0.3 is 5.97 Å². The maximum absolute atomic E-state index is 11.4. The monoisotopic (exact) mass is 286 g/mol. The maximum atomic E-state index is 11.4. The molecule has 4 nitrogen and oxygen atoms in total. The molecular formula is C17H22N2O2. The Morgan fingerprint density at radius 3 is 2.57 bits per heavy atom. The van der Waals surface area contributed by atoms with Gasteiger partial charge in [0.25, 0.3) is 0 Å². The van der Waals surface area contributed by atoms with Gasteiger partial charge < -0.3 is 9.67 Å². The molecule has 0 unspecified atom stereocenters. The number of para-hydroxylation sites is 1. The summed E-state index contributed by atoms with van der Waals surface area (Å²) in [7, 11) is 1.93. The highest BCUT2D eigenvalue weighted by Crippen LogP contribution is 2.26. The van der Waals surface area contributed by atoms with Gasteiger partial charge in [0.1, 0.15) is 0 Å². The van der Waals surface area contributed by atoms with E-state index in [9.17, 15) is 9.90 Å². The minimum Gasteiger partial charge on any atom is -0.478 e. The number of hydrogen-bond donors (Lipinski definition) is 1. The number of nitrogens with zero attached hydrogens (tertiary/aromatic N) is 2. The molecule has 0 bridgehead atoms. The number of carbonyl (C=O) groups is 1. The van der Waals surface area contributed by atoms with Crippen LogP contribution in [0.2, 0.25) is 0 Å². The van der Waals surface area contributed by atoms with Crippen LogP contribution < -0.4 is 0 Å². The molecule has 1 aromatic heterocycles. The van der Waals surface area contributed by atoms with Gasteiger partial charge in [0.15, 0.2) is 0 Å². The fraction of sp³-hybridized carbons (Fsp3) is 0.471. The number of aromatic carboxylic acids is 1. The summed E-state index contributed by atoms with van der Waals surface area (Å²) in [5.41, 5.74) is 2.45. The summed E-state index contributed by atoms with van der Waals surface area (Å²) in [6, 6.07) is 5.56. The molecular weight excluding hydrogens is 264 g/mol. The van der Waals surface area contributed by atoms with Gasteiger partial charge in [0.2, 0.25) is 0 Å². The molecule has 0 saturated carbocycles. The van der Waals surface area contributed by atoms with Gasteiger partial charge in [0.05, 0.1) is 11.1 Å². The number of hydrogen-bond acceptors (Lipinski definition) is 2. The van der Waals surface area contributed by atoms with Crippen molar-refractivity contribution in [2.45, 2.75) is 32.2 Å². The molecule has 1 fully saturated rings. The minimum atomic E-state index is -0.858. The topological polar surface area (TPSA) is 45.5 Å². The molecule has 1 N–H and O–H groups in total. The quantitative estimate of drug-likeness (QED) is 0.942. The first-order valence-electron chi connectivity index (χ1n) is 7.69. The number of carboxylic acids is 1. The molecule has 1 aliphatic rings. The SMILES string of the molecule is Cn1cc(CN2CCCCCC2)c2cccc(C(=O)O)c21. The van der Waals surface area contributed by atoms with E-state index in [1.54, 1.807) is 6.07 Å². The summed E-state index contributed by atoms with van der Waals surface area (Å²) in [5.74, 6) is -0.858. The molecule has 4 heteroatoms. The largest absolute Gasteiger partial charge is 0.478 e. The Morgan fingerprint density at radius 2 is 1.90 bits per heavy atom. The zero-order chi connectivity index (χ0) is 14.8. The van der Waals surface area contributed by atoms with E-state index in [0.29, 0.717) is 5.56 Å². The van der Waals surface area contributed by atoms with Crippen LogP contribution in [-0.4, -0.2) is 33.6 Å². The van der Waals surface area contributed by atoms with Gasteiger partial charge in [-0.2, -0.15) is 0 Å². The van der Waals surface area contributed by atoms with Crippen molar-refractivity contribution < 1.29 is 9.90 Å². The van der Waals surface area contributed by atoms with Crippen LogP contribution >= 0.6 is 0 Å². The predicted molar refractivity (Wildman–Crippen MR) is 83.6 cm³/mol. The number of likely N-dealkylation sites (tertiary alicyclic amines) is 1. The summed E-state index contributed by atoms with van der Waals surface area (Å²) in [6.07, 6.45) is 7.28. The zero-order valence-electron chi connectivity index (χ0n) is 12.5. The Morgan fingerprint density at radius 1 is 1.19 bits per heavy atom. The van der Waals surface area contributed by atoms with Crippen molar-refractivity contribution >= 4 is 16.9 Å². The molecule has 1 aromatic carbocycles. The van der Waals surface area contributed by atoms with E-state index >= 15 is 0 Å². The first kappa shape index (κ1) is 14.1. The fourth-order valence-electron chi connectivity index (χ4n) is 3.38. The molecule has 2 aromatic rings. The average Bonchev–Trinajstić information content (AvgIpc) is 2.66. The lowest BCUT2D eigenvalue weighted by Gasteiger charge is -2.19. The van der Waals surface area contributed by atoms with Crippen molar-refractivity contribution in [1.29, 1.82) is 0 Å². The van der Waals surface area contributed by atoms with Gasteiger partial charge in [-0.15, -0.1) is 0 Å². The van der Waals surface area contributed by atoms with Crippen LogP contribution in [0.3, 0.4) is 0 Å². The standard InChI is InChI=1S/C17H22N2O2/c1-18-11-13(12-19-9-4-2-3-5-10-19)14-7-6-8-15(16(14)18)17(20)21/h6-8,11H,2-5,9-10,12H2,1H3,(H,20,21). The van der Waals surface area contributed by atoms with Crippen LogP contribution in [0, 0.1) is 0 Å².